The molecule has 3 heterocycles. The fourth-order valence-corrected chi connectivity index (χ4v) is 5.75. The van der Waals surface area contributed by atoms with E-state index in [1.54, 1.807) is 7.11 Å². The Kier molecular flexibility index (Phi) is 6.93. The standard InChI is InChI=1S/C39H35N5O/c1-24-11-15-26(16-12-24)36-41-37(27-17-13-25(2)14-18-27)43-38(42-36)31-22-30-29-9-7-8-10-32(29)44(33(30)23-34(31)45-6)35-21-28(19-20-40-35)39(3,4)5/h7-23H,1-6H3. The third-order valence-electron chi connectivity index (χ3n) is 8.33. The molecule has 0 fully saturated rings. The van der Waals surface area contributed by atoms with Crippen LogP contribution in [0.25, 0.3) is 61.8 Å². The SMILES string of the molecule is COc1cc2c(cc1-c1nc(-c3ccc(C)cc3)nc(-c3ccc(C)cc3)n1)c1ccccc1n2-c1cc(C(C)(C)C)ccn1. The fourth-order valence-electron chi connectivity index (χ4n) is 5.75. The van der Waals surface area contributed by atoms with Crippen LogP contribution in [0.1, 0.15) is 37.5 Å². The minimum atomic E-state index is -0.00962. The van der Waals surface area contributed by atoms with E-state index in [0.29, 0.717) is 23.2 Å². The van der Waals surface area contributed by atoms with E-state index in [2.05, 4.69) is 136 Å². The maximum absolute atomic E-state index is 6.06. The van der Waals surface area contributed by atoms with E-state index in [-0.39, 0.29) is 5.41 Å². The van der Waals surface area contributed by atoms with Gasteiger partial charge in [0.25, 0.3) is 0 Å². The number of benzene rings is 4. The fraction of sp³-hybridized carbons (Fsp3) is 0.179. The molecule has 45 heavy (non-hydrogen) atoms. The van der Waals surface area contributed by atoms with Crippen LogP contribution in [0.2, 0.25) is 0 Å². The Labute approximate surface area is 263 Å². The average Bonchev–Trinajstić information content (AvgIpc) is 3.37. The van der Waals surface area contributed by atoms with Crippen molar-refractivity contribution < 1.29 is 4.74 Å². The smallest absolute Gasteiger partial charge is 0.167 e. The highest BCUT2D eigenvalue weighted by Crippen LogP contribution is 2.40. The van der Waals surface area contributed by atoms with Crippen molar-refractivity contribution in [3.05, 3.63) is 120 Å². The summed E-state index contributed by atoms with van der Waals surface area (Å²) in [5, 5.41) is 2.18. The Morgan fingerprint density at radius 2 is 1.22 bits per heavy atom. The average molecular weight is 590 g/mol. The first kappa shape index (κ1) is 28.4. The Hall–Kier alpha value is -5.36. The third-order valence-corrected chi connectivity index (χ3v) is 8.33. The number of ether oxygens (including phenoxy) is 1. The molecule has 0 aliphatic rings. The molecule has 0 atom stereocenters. The molecule has 0 N–H and O–H groups in total. The second-order valence-corrected chi connectivity index (χ2v) is 12.6. The number of nitrogens with zero attached hydrogens (tertiary/aromatic N) is 5. The van der Waals surface area contributed by atoms with Gasteiger partial charge in [-0.3, -0.25) is 4.57 Å². The lowest BCUT2D eigenvalue weighted by Crippen LogP contribution is -2.12. The summed E-state index contributed by atoms with van der Waals surface area (Å²) >= 11 is 0. The number of pyridine rings is 1. The highest BCUT2D eigenvalue weighted by molar-refractivity contribution is 6.11. The molecule has 7 aromatic rings. The number of hydrogen-bond acceptors (Lipinski definition) is 5. The first-order valence-corrected chi connectivity index (χ1v) is 15.2. The molecule has 222 valence electrons. The van der Waals surface area contributed by atoms with E-state index in [0.717, 1.165) is 44.3 Å². The molecule has 6 nitrogen and oxygen atoms in total. The van der Waals surface area contributed by atoms with Gasteiger partial charge in [0, 0.05) is 34.2 Å². The number of aromatic nitrogens is 5. The zero-order chi connectivity index (χ0) is 31.3. The van der Waals surface area contributed by atoms with E-state index in [1.165, 1.54) is 16.7 Å². The van der Waals surface area contributed by atoms with E-state index >= 15 is 0 Å². The van der Waals surface area contributed by atoms with Crippen molar-refractivity contribution in [1.82, 2.24) is 24.5 Å². The molecule has 0 saturated heterocycles. The van der Waals surface area contributed by atoms with E-state index in [4.69, 9.17) is 24.7 Å². The molecule has 0 spiro atoms. The molecule has 0 aliphatic carbocycles. The van der Waals surface area contributed by atoms with Gasteiger partial charge in [0.1, 0.15) is 11.6 Å². The van der Waals surface area contributed by atoms with Crippen LogP contribution in [0.15, 0.2) is 103 Å². The van der Waals surface area contributed by atoms with Crippen molar-refractivity contribution in [2.24, 2.45) is 0 Å². The summed E-state index contributed by atoms with van der Waals surface area (Å²) < 4.78 is 8.28. The summed E-state index contributed by atoms with van der Waals surface area (Å²) in [5.74, 6) is 3.33. The van der Waals surface area contributed by atoms with Crippen molar-refractivity contribution in [3.63, 3.8) is 0 Å². The minimum absolute atomic E-state index is 0.00962. The number of para-hydroxylation sites is 1. The predicted molar refractivity (Wildman–Crippen MR) is 183 cm³/mol. The molecule has 0 aliphatic heterocycles. The van der Waals surface area contributed by atoms with Crippen LogP contribution < -0.4 is 4.74 Å². The second kappa shape index (κ2) is 11.0. The topological polar surface area (TPSA) is 65.7 Å². The van der Waals surface area contributed by atoms with Crippen LogP contribution in [0.4, 0.5) is 0 Å². The lowest BCUT2D eigenvalue weighted by Gasteiger charge is -2.20. The van der Waals surface area contributed by atoms with Crippen molar-refractivity contribution >= 4 is 21.8 Å². The number of aryl methyl sites for hydroxylation is 2. The van der Waals surface area contributed by atoms with Gasteiger partial charge in [0.15, 0.2) is 17.5 Å². The first-order valence-electron chi connectivity index (χ1n) is 15.2. The summed E-state index contributed by atoms with van der Waals surface area (Å²) in [6, 6.07) is 33.5. The lowest BCUT2D eigenvalue weighted by atomic mass is 9.88. The summed E-state index contributed by atoms with van der Waals surface area (Å²) in [6.45, 7) is 10.8. The van der Waals surface area contributed by atoms with Crippen molar-refractivity contribution in [3.8, 4) is 45.7 Å². The Morgan fingerprint density at radius 1 is 0.622 bits per heavy atom. The normalized spacial score (nSPS) is 11.8. The maximum atomic E-state index is 6.06. The van der Waals surface area contributed by atoms with Gasteiger partial charge < -0.3 is 4.74 Å². The zero-order valence-electron chi connectivity index (χ0n) is 26.5. The van der Waals surface area contributed by atoms with E-state index in [9.17, 15) is 0 Å². The number of fused-ring (bicyclic) bond motifs is 3. The van der Waals surface area contributed by atoms with Gasteiger partial charge >= 0.3 is 0 Å². The molecule has 6 heteroatoms. The van der Waals surface area contributed by atoms with Crippen molar-refractivity contribution in [2.75, 3.05) is 7.11 Å². The van der Waals surface area contributed by atoms with Gasteiger partial charge in [-0.1, -0.05) is 98.6 Å². The molecule has 7 rings (SSSR count). The molecule has 3 aromatic heterocycles. The predicted octanol–water partition coefficient (Wildman–Crippen LogP) is 9.29. The van der Waals surface area contributed by atoms with E-state index < -0.39 is 0 Å². The van der Waals surface area contributed by atoms with Gasteiger partial charge in [0.05, 0.1) is 23.7 Å². The third kappa shape index (κ3) is 5.22. The number of rotatable bonds is 5. The van der Waals surface area contributed by atoms with Crippen LogP contribution in [0.3, 0.4) is 0 Å². The minimum Gasteiger partial charge on any atom is -0.496 e. The van der Waals surface area contributed by atoms with Crippen LogP contribution in [-0.4, -0.2) is 31.6 Å². The van der Waals surface area contributed by atoms with Gasteiger partial charge in [-0.25, -0.2) is 19.9 Å². The molecule has 0 amide bonds. The highest BCUT2D eigenvalue weighted by Gasteiger charge is 2.22. The van der Waals surface area contributed by atoms with Crippen LogP contribution >= 0.6 is 0 Å². The van der Waals surface area contributed by atoms with Gasteiger partial charge in [-0.05, 0) is 49.1 Å². The summed E-state index contributed by atoms with van der Waals surface area (Å²) in [6.07, 6.45) is 1.89. The molecular weight excluding hydrogens is 554 g/mol. The monoisotopic (exact) mass is 589 g/mol. The summed E-state index contributed by atoms with van der Waals surface area (Å²) in [7, 11) is 1.69. The molecule has 0 saturated carbocycles. The van der Waals surface area contributed by atoms with Crippen LogP contribution in [0, 0.1) is 13.8 Å². The van der Waals surface area contributed by atoms with Gasteiger partial charge in [-0.15, -0.1) is 0 Å². The molecule has 0 radical (unpaired) electrons. The molecule has 4 aromatic carbocycles. The highest BCUT2D eigenvalue weighted by atomic mass is 16.5. The Balaban J connectivity index is 1.49. The first-order chi connectivity index (χ1) is 21.7. The number of hydrogen-bond donors (Lipinski definition) is 0. The zero-order valence-corrected chi connectivity index (χ0v) is 26.5. The second-order valence-electron chi connectivity index (χ2n) is 12.6. The molecule has 0 unspecified atom stereocenters. The summed E-state index contributed by atoms with van der Waals surface area (Å²) in [5.41, 5.74) is 8.30. The lowest BCUT2D eigenvalue weighted by molar-refractivity contribution is 0.416. The Bertz CT molecular complexity index is 2130. The van der Waals surface area contributed by atoms with E-state index in [1.807, 2.05) is 6.20 Å². The van der Waals surface area contributed by atoms with Gasteiger partial charge in [0.2, 0.25) is 0 Å². The largest absolute Gasteiger partial charge is 0.496 e. The van der Waals surface area contributed by atoms with Crippen molar-refractivity contribution in [1.29, 1.82) is 0 Å². The molecular formula is C39H35N5O. The van der Waals surface area contributed by atoms with Crippen LogP contribution in [-0.2, 0) is 5.41 Å². The maximum Gasteiger partial charge on any atom is 0.167 e. The quantitative estimate of drug-likeness (QED) is 0.200. The van der Waals surface area contributed by atoms with Crippen molar-refractivity contribution in [2.45, 2.75) is 40.0 Å². The Morgan fingerprint density at radius 3 is 1.82 bits per heavy atom. The number of methoxy groups -OCH3 is 1. The molecule has 0 bridgehead atoms. The summed E-state index contributed by atoms with van der Waals surface area (Å²) in [4.78, 5) is 19.8. The van der Waals surface area contributed by atoms with Gasteiger partial charge in [-0.2, -0.15) is 0 Å². The van der Waals surface area contributed by atoms with Crippen LogP contribution in [0.5, 0.6) is 5.75 Å².